The van der Waals surface area contributed by atoms with Crippen LogP contribution in [0.3, 0.4) is 0 Å². The zero-order chi connectivity index (χ0) is 76.8. The number of hydrogen-bond acceptors (Lipinski definition) is 21. The van der Waals surface area contributed by atoms with Crippen LogP contribution in [0.25, 0.3) is 0 Å². The minimum absolute atomic E-state index is 0.0408. The van der Waals surface area contributed by atoms with Gasteiger partial charge in [0.1, 0.15) is 43.2 Å². The van der Waals surface area contributed by atoms with Gasteiger partial charge in [-0.15, -0.1) is 0 Å². The summed E-state index contributed by atoms with van der Waals surface area (Å²) in [4.78, 5) is 26.4. The van der Waals surface area contributed by atoms with Crippen LogP contribution in [0.1, 0.15) is 145 Å². The third kappa shape index (κ3) is 22.2. The number of ether oxygens (including phenoxy) is 18. The van der Waals surface area contributed by atoms with Gasteiger partial charge in [0.05, 0.1) is 82.4 Å². The van der Waals surface area contributed by atoms with Crippen molar-refractivity contribution >= 4 is 46.9 Å². The number of alkyl halides is 3. The van der Waals surface area contributed by atoms with Gasteiger partial charge in [-0.3, -0.25) is 4.79 Å². The fourth-order valence-electron chi connectivity index (χ4n) is 15.8. The van der Waals surface area contributed by atoms with Crippen molar-refractivity contribution in [3.05, 3.63) is 144 Å². The van der Waals surface area contributed by atoms with Gasteiger partial charge in [-0.05, 0) is 83.9 Å². The molecule has 10 rings (SSSR count). The van der Waals surface area contributed by atoms with Crippen LogP contribution in [0.15, 0.2) is 121 Å². The molecule has 6 aliphatic heterocycles. The lowest BCUT2D eigenvalue weighted by Crippen LogP contribution is -2.67. The molecule has 6 heterocycles. The standard InChI is InChI=1S/C83H117Cl3O21/c1-16-62-47(5)50(8)72(107-82(89)94-45-83(84,85)86)78(97-62)95-56(14)73-67(88)74(75(92-41-60-35-27-21-28-36-60)81(105-73)103-69-52(10)54(12)76(93-42-61-37-29-22-30-38-61)101-66(69)44-91-40-59-33-25-20-26-34-59)106-80-71(49(7)46(4)63(17-2)98-80)104-77-55(13)53(11)68(64(18-3)99-77)102-79-70(96-57(15)87)51(9)48(6)65(100-79)43-90-39-58-31-23-19-24-32-58/h19-38,46-56,62-81,88H,16-18,39-45H2,1-15H3/t46-,47+,48-,49?,50+,51+,52-,53-,54?,55?,56?,62?,63?,64?,65?,66?,67-,68+,69+,70?,71+,72?,73?,74+,75?,76-,77+,78+,79+,80+,81-/m1/s1. The summed E-state index contributed by atoms with van der Waals surface area (Å²) in [5.74, 6) is -2.37. The third-order valence-electron chi connectivity index (χ3n) is 23.4. The maximum absolute atomic E-state index is 13.6. The quantitative estimate of drug-likeness (QED) is 0.0365. The van der Waals surface area contributed by atoms with E-state index in [1.54, 1.807) is 6.92 Å². The van der Waals surface area contributed by atoms with Gasteiger partial charge < -0.3 is 90.4 Å². The Kier molecular flexibility index (Phi) is 31.9. The molecule has 6 aliphatic rings. The van der Waals surface area contributed by atoms with Crippen molar-refractivity contribution in [3.8, 4) is 0 Å². The van der Waals surface area contributed by atoms with Gasteiger partial charge in [-0.25, -0.2) is 4.79 Å². The van der Waals surface area contributed by atoms with E-state index in [0.717, 1.165) is 22.3 Å². The molecule has 31 atom stereocenters. The topological polar surface area (TPSA) is 221 Å². The molecule has 21 nitrogen and oxygen atoms in total. The van der Waals surface area contributed by atoms with Crippen LogP contribution in [0.5, 0.6) is 0 Å². The Morgan fingerprint density at radius 2 is 0.794 bits per heavy atom. The minimum Gasteiger partial charge on any atom is -0.457 e. The van der Waals surface area contributed by atoms with Crippen LogP contribution in [-0.2, 0) is 116 Å². The average molecular weight is 1560 g/mol. The van der Waals surface area contributed by atoms with Crippen LogP contribution in [0, 0.1) is 59.2 Å². The van der Waals surface area contributed by atoms with E-state index in [2.05, 4.69) is 62.3 Å². The molecule has 0 aromatic heterocycles. The highest BCUT2D eigenvalue weighted by atomic mass is 35.6. The molecular formula is C83H117Cl3O21. The third-order valence-corrected chi connectivity index (χ3v) is 23.7. The Morgan fingerprint density at radius 3 is 1.31 bits per heavy atom. The highest BCUT2D eigenvalue weighted by Crippen LogP contribution is 2.46. The van der Waals surface area contributed by atoms with Crippen molar-refractivity contribution in [2.45, 2.75) is 283 Å². The molecule has 0 spiro atoms. The number of benzene rings is 4. The highest BCUT2D eigenvalue weighted by Gasteiger charge is 2.58. The fourth-order valence-corrected chi connectivity index (χ4v) is 16.0. The molecule has 13 unspecified atom stereocenters. The number of carbonyl (C=O) groups excluding carboxylic acids is 2. The number of halogens is 3. The first-order valence-electron chi connectivity index (χ1n) is 38.8. The Balaban J connectivity index is 0.986. The van der Waals surface area contributed by atoms with Crippen molar-refractivity contribution in [2.75, 3.05) is 19.8 Å². The molecule has 6 saturated heterocycles. The maximum Gasteiger partial charge on any atom is 0.508 e. The Hall–Kier alpha value is -4.15. The second kappa shape index (κ2) is 40.0. The SMILES string of the molecule is CCC1O[C@@H](O[C@@H]2C(OCc3ccccc3)[C@H](O[C@@H]3C(COCc4ccccc4)O[C@@H](OCc4ccccc4)C(C)[C@H]3C)OC(C(C)O[C@H]3OC(CC)[C@@H](C)[C@H](C)C3OC(=O)OCC(Cl)(Cl)Cl)[C@H]2O)[C@@H](O[C@@H]2OC(CC)[C@@H](O[C@@H]3OC(COCc4ccccc4)[C@H](C)[C@H](C)C3OC(C)=O)[C@H](C)C2C)C(C)[C@H]1C. The number of esters is 1. The molecule has 1 N–H and O–H groups in total. The first-order chi connectivity index (χ1) is 51.2. The van der Waals surface area contributed by atoms with Crippen LogP contribution in [0.2, 0.25) is 0 Å². The Morgan fingerprint density at radius 1 is 0.411 bits per heavy atom. The van der Waals surface area contributed by atoms with Crippen molar-refractivity contribution < 1.29 is 100.0 Å². The second-order valence-corrected chi connectivity index (χ2v) is 33.1. The average Bonchev–Trinajstić information content (AvgIpc) is 0.768. The molecule has 4 aromatic carbocycles. The summed E-state index contributed by atoms with van der Waals surface area (Å²) in [5, 5.41) is 13.6. The van der Waals surface area contributed by atoms with Crippen LogP contribution in [-0.4, -0.2) is 170 Å². The lowest BCUT2D eigenvalue weighted by molar-refractivity contribution is -0.396. The van der Waals surface area contributed by atoms with Crippen LogP contribution >= 0.6 is 34.8 Å². The van der Waals surface area contributed by atoms with E-state index in [1.807, 2.05) is 149 Å². The monoisotopic (exact) mass is 1550 g/mol. The summed E-state index contributed by atoms with van der Waals surface area (Å²) in [7, 11) is 0. The number of carbonyl (C=O) groups is 2. The summed E-state index contributed by atoms with van der Waals surface area (Å²) >= 11 is 18.1. The molecule has 4 aromatic rings. The molecule has 6 fully saturated rings. The smallest absolute Gasteiger partial charge is 0.457 e. The summed E-state index contributed by atoms with van der Waals surface area (Å²) < 4.78 is 121. The summed E-state index contributed by atoms with van der Waals surface area (Å²) in [6, 6.07) is 39.5. The van der Waals surface area contributed by atoms with E-state index in [1.165, 1.54) is 6.92 Å². The molecule has 0 bridgehead atoms. The number of rotatable bonds is 31. The largest absolute Gasteiger partial charge is 0.508 e. The predicted molar refractivity (Wildman–Crippen MR) is 401 cm³/mol. The number of aliphatic hydroxyl groups is 1. The molecule has 0 saturated carbocycles. The lowest BCUT2D eigenvalue weighted by Gasteiger charge is -2.53. The molecule has 24 heteroatoms. The summed E-state index contributed by atoms with van der Waals surface area (Å²) in [6.07, 6.45) is -18.1. The molecule has 596 valence electrons. The fraction of sp³-hybridized carbons (Fsp3) is 0.687. The Bertz CT molecular complexity index is 3270. The van der Waals surface area contributed by atoms with Gasteiger partial charge in [-0.1, -0.05) is 246 Å². The van der Waals surface area contributed by atoms with Gasteiger partial charge in [0, 0.05) is 30.6 Å². The van der Waals surface area contributed by atoms with E-state index in [4.69, 9.17) is 120 Å². The van der Waals surface area contributed by atoms with E-state index < -0.39 is 134 Å². The first kappa shape index (κ1) is 85.3. The van der Waals surface area contributed by atoms with Crippen molar-refractivity contribution in [2.24, 2.45) is 59.2 Å². The summed E-state index contributed by atoms with van der Waals surface area (Å²) in [5.41, 5.74) is 3.84. The number of hydrogen-bond donors (Lipinski definition) is 1. The van der Waals surface area contributed by atoms with Crippen molar-refractivity contribution in [3.63, 3.8) is 0 Å². The lowest BCUT2D eigenvalue weighted by atomic mass is 9.81. The number of aliphatic hydroxyl groups excluding tert-OH is 1. The summed E-state index contributed by atoms with van der Waals surface area (Å²) in [6.45, 7) is 30.9. The Labute approximate surface area is 648 Å². The van der Waals surface area contributed by atoms with Crippen LogP contribution < -0.4 is 0 Å². The van der Waals surface area contributed by atoms with Gasteiger partial charge in [-0.2, -0.15) is 0 Å². The maximum atomic E-state index is 13.6. The normalized spacial score (nSPS) is 38.0. The molecular weight excluding hydrogens is 1440 g/mol. The van der Waals surface area contributed by atoms with E-state index >= 15 is 0 Å². The zero-order valence-corrected chi connectivity index (χ0v) is 67.0. The van der Waals surface area contributed by atoms with Crippen molar-refractivity contribution in [1.82, 2.24) is 0 Å². The van der Waals surface area contributed by atoms with Crippen molar-refractivity contribution in [1.29, 1.82) is 0 Å². The van der Waals surface area contributed by atoms with Gasteiger partial charge >= 0.3 is 12.1 Å². The molecule has 0 amide bonds. The predicted octanol–water partition coefficient (Wildman–Crippen LogP) is 15.3. The first-order valence-corrected chi connectivity index (χ1v) is 39.9. The second-order valence-electron chi connectivity index (χ2n) is 30.6. The molecule has 0 radical (unpaired) electrons. The zero-order valence-electron chi connectivity index (χ0n) is 64.8. The van der Waals surface area contributed by atoms with Gasteiger partial charge in [0.25, 0.3) is 0 Å². The van der Waals surface area contributed by atoms with Gasteiger partial charge in [0.15, 0.2) is 49.9 Å². The molecule has 0 aliphatic carbocycles. The van der Waals surface area contributed by atoms with Gasteiger partial charge in [0.2, 0.25) is 3.79 Å². The highest BCUT2D eigenvalue weighted by molar-refractivity contribution is 6.67. The minimum atomic E-state index is -1.91. The van der Waals surface area contributed by atoms with E-state index in [9.17, 15) is 14.7 Å². The van der Waals surface area contributed by atoms with E-state index in [0.29, 0.717) is 45.7 Å². The van der Waals surface area contributed by atoms with Crippen LogP contribution in [0.4, 0.5) is 4.79 Å². The molecule has 107 heavy (non-hydrogen) atoms. The van der Waals surface area contributed by atoms with E-state index in [-0.39, 0.29) is 90.7 Å².